The molecule has 0 amide bonds. The van der Waals surface area contributed by atoms with Crippen LogP contribution in [-0.4, -0.2) is 37.6 Å². The van der Waals surface area contributed by atoms with Crippen LogP contribution in [0.2, 0.25) is 0 Å². The van der Waals surface area contributed by atoms with Gasteiger partial charge in [-0.2, -0.15) is 0 Å². The van der Waals surface area contributed by atoms with Gasteiger partial charge in [-0.15, -0.1) is 11.3 Å². The summed E-state index contributed by atoms with van der Waals surface area (Å²) in [5.74, 6) is 0. The number of nitrogens with zero attached hydrogens (tertiary/aromatic N) is 1. The number of rotatable bonds is 5. The van der Waals surface area contributed by atoms with Gasteiger partial charge in [-0.1, -0.05) is 18.9 Å². The highest BCUT2D eigenvalue weighted by Crippen LogP contribution is 2.22. The van der Waals surface area contributed by atoms with Crippen molar-refractivity contribution in [1.29, 1.82) is 0 Å². The Morgan fingerprint density at radius 1 is 1.41 bits per heavy atom. The Hall–Kier alpha value is -0.380. The van der Waals surface area contributed by atoms with Crippen LogP contribution >= 0.6 is 11.3 Å². The first kappa shape index (κ1) is 13.1. The Morgan fingerprint density at radius 2 is 2.24 bits per heavy atom. The van der Waals surface area contributed by atoms with E-state index in [1.807, 2.05) is 11.3 Å². The van der Waals surface area contributed by atoms with E-state index < -0.39 is 0 Å². The lowest BCUT2D eigenvalue weighted by Crippen LogP contribution is -2.49. The van der Waals surface area contributed by atoms with E-state index in [9.17, 15) is 0 Å². The summed E-state index contributed by atoms with van der Waals surface area (Å²) in [6.45, 7) is 1.18. The Bertz CT molecular complexity index is 310. The van der Waals surface area contributed by atoms with Gasteiger partial charge in [0.1, 0.15) is 0 Å². The molecule has 0 spiro atoms. The molecule has 0 aromatic carbocycles. The number of nitrogens with one attached hydrogen (secondary N) is 1. The van der Waals surface area contributed by atoms with Crippen LogP contribution < -0.4 is 5.32 Å². The zero-order valence-corrected chi connectivity index (χ0v) is 11.8. The van der Waals surface area contributed by atoms with E-state index in [1.54, 1.807) is 0 Å². The first-order chi connectivity index (χ1) is 8.31. The summed E-state index contributed by atoms with van der Waals surface area (Å²) in [6, 6.07) is 5.82. The lowest BCUT2D eigenvalue weighted by molar-refractivity contribution is 0.155. The van der Waals surface area contributed by atoms with Gasteiger partial charge in [-0.3, -0.25) is 0 Å². The average Bonchev–Trinajstić information content (AvgIpc) is 2.89. The van der Waals surface area contributed by atoms with Gasteiger partial charge >= 0.3 is 0 Å². The minimum Gasteiger partial charge on any atom is -0.315 e. The Morgan fingerprint density at radius 3 is 2.94 bits per heavy atom. The fourth-order valence-corrected chi connectivity index (χ4v) is 3.58. The molecule has 1 N–H and O–H groups in total. The van der Waals surface area contributed by atoms with Crippen molar-refractivity contribution >= 4 is 11.3 Å². The Labute approximate surface area is 109 Å². The fraction of sp³-hybridized carbons (Fsp3) is 0.714. The Kier molecular flexibility index (Phi) is 5.01. The first-order valence-corrected chi connectivity index (χ1v) is 7.59. The van der Waals surface area contributed by atoms with E-state index in [1.165, 1.54) is 43.5 Å². The molecule has 1 aromatic rings. The maximum atomic E-state index is 3.49. The molecule has 1 heterocycles. The van der Waals surface area contributed by atoms with Crippen LogP contribution in [0.5, 0.6) is 0 Å². The number of likely N-dealkylation sites (N-methyl/N-ethyl adjacent to an activating group) is 2. The minimum atomic E-state index is 0.692. The molecular formula is C14H24N2S. The van der Waals surface area contributed by atoms with Crippen molar-refractivity contribution in [3.8, 4) is 0 Å². The van der Waals surface area contributed by atoms with Gasteiger partial charge in [0.05, 0.1) is 0 Å². The molecule has 17 heavy (non-hydrogen) atoms. The smallest absolute Gasteiger partial charge is 0.0246 e. The van der Waals surface area contributed by atoms with Crippen LogP contribution in [0.15, 0.2) is 17.5 Å². The Balaban J connectivity index is 1.83. The van der Waals surface area contributed by atoms with Gasteiger partial charge < -0.3 is 10.2 Å². The summed E-state index contributed by atoms with van der Waals surface area (Å²) in [4.78, 5) is 4.06. The number of thiophene rings is 1. The van der Waals surface area contributed by atoms with Crippen molar-refractivity contribution in [1.82, 2.24) is 10.2 Å². The topological polar surface area (TPSA) is 15.3 Å². The molecule has 1 fully saturated rings. The quantitative estimate of drug-likeness (QED) is 0.867. The van der Waals surface area contributed by atoms with Crippen molar-refractivity contribution in [2.45, 2.75) is 44.2 Å². The summed E-state index contributed by atoms with van der Waals surface area (Å²) >= 11 is 1.88. The molecule has 0 bridgehead atoms. The summed E-state index contributed by atoms with van der Waals surface area (Å²) in [7, 11) is 4.39. The third-order valence-corrected chi connectivity index (χ3v) is 4.89. The molecular weight excluding hydrogens is 228 g/mol. The highest BCUT2D eigenvalue weighted by molar-refractivity contribution is 7.09. The predicted molar refractivity (Wildman–Crippen MR) is 75.8 cm³/mol. The first-order valence-electron chi connectivity index (χ1n) is 6.71. The summed E-state index contributed by atoms with van der Waals surface area (Å²) in [5, 5.41) is 5.66. The molecule has 2 unspecified atom stereocenters. The SMILES string of the molecule is CNC1CCCCC1N(C)CCc1cccs1. The molecule has 96 valence electrons. The third-order valence-electron chi connectivity index (χ3n) is 3.96. The molecule has 2 rings (SSSR count). The van der Waals surface area contributed by atoms with Crippen LogP contribution in [0.3, 0.4) is 0 Å². The molecule has 2 atom stereocenters. The van der Waals surface area contributed by atoms with Crippen LogP contribution in [0.4, 0.5) is 0 Å². The van der Waals surface area contributed by atoms with Crippen LogP contribution in [-0.2, 0) is 6.42 Å². The zero-order valence-electron chi connectivity index (χ0n) is 11.0. The second-order valence-electron chi connectivity index (χ2n) is 5.06. The van der Waals surface area contributed by atoms with Crippen molar-refractivity contribution in [3.63, 3.8) is 0 Å². The van der Waals surface area contributed by atoms with Gasteiger partial charge in [0, 0.05) is 23.5 Å². The zero-order chi connectivity index (χ0) is 12.1. The molecule has 0 saturated heterocycles. The molecule has 1 aromatic heterocycles. The van der Waals surface area contributed by atoms with Crippen molar-refractivity contribution in [2.75, 3.05) is 20.6 Å². The van der Waals surface area contributed by atoms with Gasteiger partial charge in [0.2, 0.25) is 0 Å². The molecule has 1 aliphatic carbocycles. The number of hydrogen-bond donors (Lipinski definition) is 1. The highest BCUT2D eigenvalue weighted by Gasteiger charge is 2.26. The second-order valence-corrected chi connectivity index (χ2v) is 6.09. The molecule has 0 radical (unpaired) electrons. The van der Waals surface area contributed by atoms with Crippen LogP contribution in [0.25, 0.3) is 0 Å². The molecule has 3 heteroatoms. The van der Waals surface area contributed by atoms with Crippen molar-refractivity contribution < 1.29 is 0 Å². The van der Waals surface area contributed by atoms with Gasteiger partial charge in [-0.25, -0.2) is 0 Å². The maximum absolute atomic E-state index is 3.49. The van der Waals surface area contributed by atoms with E-state index in [0.717, 1.165) is 6.04 Å². The largest absolute Gasteiger partial charge is 0.315 e. The highest BCUT2D eigenvalue weighted by atomic mass is 32.1. The lowest BCUT2D eigenvalue weighted by atomic mass is 9.89. The van der Waals surface area contributed by atoms with E-state index in [-0.39, 0.29) is 0 Å². The van der Waals surface area contributed by atoms with E-state index >= 15 is 0 Å². The monoisotopic (exact) mass is 252 g/mol. The lowest BCUT2D eigenvalue weighted by Gasteiger charge is -2.38. The van der Waals surface area contributed by atoms with Gasteiger partial charge in [0.25, 0.3) is 0 Å². The van der Waals surface area contributed by atoms with E-state index in [4.69, 9.17) is 0 Å². The number of hydrogen-bond acceptors (Lipinski definition) is 3. The van der Waals surface area contributed by atoms with E-state index in [0.29, 0.717) is 6.04 Å². The fourth-order valence-electron chi connectivity index (χ4n) is 2.88. The minimum absolute atomic E-state index is 0.692. The van der Waals surface area contributed by atoms with Crippen LogP contribution in [0, 0.1) is 0 Å². The maximum Gasteiger partial charge on any atom is 0.0246 e. The third kappa shape index (κ3) is 3.54. The van der Waals surface area contributed by atoms with Gasteiger partial charge in [0.15, 0.2) is 0 Å². The summed E-state index contributed by atoms with van der Waals surface area (Å²) in [5.41, 5.74) is 0. The molecule has 1 aliphatic rings. The van der Waals surface area contributed by atoms with E-state index in [2.05, 4.69) is 41.8 Å². The standard InChI is InChI=1S/C14H24N2S/c1-15-13-7-3-4-8-14(13)16(2)10-9-12-6-5-11-17-12/h5-6,11,13-15H,3-4,7-10H2,1-2H3. The molecule has 0 aliphatic heterocycles. The summed E-state index contributed by atoms with van der Waals surface area (Å²) < 4.78 is 0. The average molecular weight is 252 g/mol. The second kappa shape index (κ2) is 6.53. The predicted octanol–water partition coefficient (Wildman–Crippen LogP) is 2.75. The van der Waals surface area contributed by atoms with Crippen molar-refractivity contribution in [2.24, 2.45) is 0 Å². The normalized spacial score (nSPS) is 25.4. The van der Waals surface area contributed by atoms with Crippen LogP contribution in [0.1, 0.15) is 30.6 Å². The molecule has 2 nitrogen and oxygen atoms in total. The molecule has 1 saturated carbocycles. The van der Waals surface area contributed by atoms with Crippen molar-refractivity contribution in [3.05, 3.63) is 22.4 Å². The summed E-state index contributed by atoms with van der Waals surface area (Å²) in [6.07, 6.45) is 6.67. The van der Waals surface area contributed by atoms with Gasteiger partial charge in [-0.05, 0) is 44.8 Å².